The second-order valence-corrected chi connectivity index (χ2v) is 6.55. The zero-order valence-corrected chi connectivity index (χ0v) is 15.7. The molecule has 1 unspecified atom stereocenters. The predicted molar refractivity (Wildman–Crippen MR) is 106 cm³/mol. The fourth-order valence-electron chi connectivity index (χ4n) is 3.00. The summed E-state index contributed by atoms with van der Waals surface area (Å²) >= 11 is 0. The van der Waals surface area contributed by atoms with Gasteiger partial charge in [-0.2, -0.15) is 5.10 Å². The number of anilines is 1. The topological polar surface area (TPSA) is 70.1 Å². The molecule has 1 atom stereocenters. The number of pyridine rings is 1. The van der Waals surface area contributed by atoms with Crippen molar-refractivity contribution in [2.45, 2.75) is 6.04 Å². The van der Waals surface area contributed by atoms with Crippen LogP contribution in [0.5, 0.6) is 0 Å². The molecule has 7 nitrogen and oxygen atoms in total. The number of morpholine rings is 1. The molecule has 0 bridgehead atoms. The van der Waals surface area contributed by atoms with E-state index < -0.39 is 6.04 Å². The molecule has 0 spiro atoms. The van der Waals surface area contributed by atoms with E-state index in [9.17, 15) is 4.79 Å². The number of rotatable bonds is 6. The van der Waals surface area contributed by atoms with Crippen LogP contribution in [-0.4, -0.2) is 62.4 Å². The molecule has 2 aromatic rings. The summed E-state index contributed by atoms with van der Waals surface area (Å²) in [6.45, 7) is 2.65. The van der Waals surface area contributed by atoms with E-state index >= 15 is 0 Å². The second-order valence-electron chi connectivity index (χ2n) is 6.55. The molecule has 1 aromatic carbocycles. The first-order valence-electron chi connectivity index (χ1n) is 8.97. The fourth-order valence-corrected chi connectivity index (χ4v) is 3.00. The van der Waals surface area contributed by atoms with E-state index in [0.717, 1.165) is 16.8 Å². The van der Waals surface area contributed by atoms with E-state index in [2.05, 4.69) is 20.4 Å². The van der Waals surface area contributed by atoms with Crippen LogP contribution < -0.4 is 10.3 Å². The average molecular weight is 367 g/mol. The van der Waals surface area contributed by atoms with Crippen LogP contribution in [0.4, 0.5) is 5.69 Å². The monoisotopic (exact) mass is 367 g/mol. The summed E-state index contributed by atoms with van der Waals surface area (Å²) in [5.41, 5.74) is 5.62. The Kier molecular flexibility index (Phi) is 6.51. The molecule has 27 heavy (non-hydrogen) atoms. The summed E-state index contributed by atoms with van der Waals surface area (Å²) in [4.78, 5) is 21.0. The van der Waals surface area contributed by atoms with Crippen LogP contribution in [0.1, 0.15) is 17.2 Å². The van der Waals surface area contributed by atoms with Crippen molar-refractivity contribution in [3.05, 3.63) is 59.9 Å². The fraction of sp³-hybridized carbons (Fsp3) is 0.350. The standard InChI is InChI=1S/C20H25N5O2/c1-24(2)18-5-3-16(4-6-18)15-22-23-20(26)19(17-7-9-21-10-8-17)25-11-13-27-14-12-25/h3-10,15,19H,11-14H2,1-2H3,(H,23,26). The number of amides is 1. The SMILES string of the molecule is CN(C)c1ccc(C=NNC(=O)C(c2ccncc2)N2CCOCC2)cc1. The number of nitrogens with zero attached hydrogens (tertiary/aromatic N) is 4. The van der Waals surface area contributed by atoms with Gasteiger partial charge in [-0.25, -0.2) is 5.43 Å². The van der Waals surface area contributed by atoms with Crippen LogP contribution in [0.2, 0.25) is 0 Å². The highest BCUT2D eigenvalue weighted by Crippen LogP contribution is 2.21. The van der Waals surface area contributed by atoms with Crippen LogP contribution >= 0.6 is 0 Å². The van der Waals surface area contributed by atoms with Crippen molar-refractivity contribution in [2.24, 2.45) is 5.10 Å². The van der Waals surface area contributed by atoms with Gasteiger partial charge < -0.3 is 9.64 Å². The van der Waals surface area contributed by atoms with Gasteiger partial charge in [0, 0.05) is 45.3 Å². The molecule has 1 aliphatic heterocycles. The average Bonchev–Trinajstić information content (AvgIpc) is 2.70. The maximum absolute atomic E-state index is 12.8. The van der Waals surface area contributed by atoms with Gasteiger partial charge in [0.05, 0.1) is 19.4 Å². The number of carbonyl (C=O) groups excluding carboxylic acids is 1. The molecule has 1 N–H and O–H groups in total. The van der Waals surface area contributed by atoms with Crippen molar-refractivity contribution >= 4 is 17.8 Å². The molecule has 3 rings (SSSR count). The normalized spacial score (nSPS) is 16.2. The zero-order valence-electron chi connectivity index (χ0n) is 15.7. The van der Waals surface area contributed by atoms with Crippen molar-refractivity contribution in [2.75, 3.05) is 45.3 Å². The second kappa shape index (κ2) is 9.25. The lowest BCUT2D eigenvalue weighted by atomic mass is 10.1. The molecule has 1 fully saturated rings. The smallest absolute Gasteiger partial charge is 0.262 e. The maximum atomic E-state index is 12.8. The molecule has 1 aromatic heterocycles. The van der Waals surface area contributed by atoms with Gasteiger partial charge in [-0.1, -0.05) is 12.1 Å². The number of hydrogen-bond donors (Lipinski definition) is 1. The first kappa shape index (κ1) is 19.0. The minimum absolute atomic E-state index is 0.163. The summed E-state index contributed by atoms with van der Waals surface area (Å²) in [5.74, 6) is -0.163. The van der Waals surface area contributed by atoms with Gasteiger partial charge in [-0.3, -0.25) is 14.7 Å². The molecule has 2 heterocycles. The lowest BCUT2D eigenvalue weighted by Crippen LogP contribution is -2.44. The molecule has 0 saturated carbocycles. The Morgan fingerprint density at radius 3 is 2.48 bits per heavy atom. The summed E-state index contributed by atoms with van der Waals surface area (Å²) in [6, 6.07) is 11.3. The van der Waals surface area contributed by atoms with Gasteiger partial charge in [0.15, 0.2) is 0 Å². The quantitative estimate of drug-likeness (QED) is 0.621. The summed E-state index contributed by atoms with van der Waals surface area (Å²) < 4.78 is 5.41. The third kappa shape index (κ3) is 5.12. The highest BCUT2D eigenvalue weighted by Gasteiger charge is 2.28. The summed E-state index contributed by atoms with van der Waals surface area (Å²) in [5, 5.41) is 4.15. The third-order valence-electron chi connectivity index (χ3n) is 4.48. The van der Waals surface area contributed by atoms with Crippen molar-refractivity contribution in [3.63, 3.8) is 0 Å². The van der Waals surface area contributed by atoms with Crippen LogP contribution in [0.15, 0.2) is 53.9 Å². The Balaban J connectivity index is 1.68. The van der Waals surface area contributed by atoms with Gasteiger partial charge in [0.1, 0.15) is 6.04 Å². The number of hydrazone groups is 1. The third-order valence-corrected chi connectivity index (χ3v) is 4.48. The Morgan fingerprint density at radius 1 is 1.19 bits per heavy atom. The molecule has 1 aliphatic rings. The number of nitrogens with one attached hydrogen (secondary N) is 1. The van der Waals surface area contributed by atoms with Gasteiger partial charge in [0.2, 0.25) is 0 Å². The number of benzene rings is 1. The molecule has 0 radical (unpaired) electrons. The van der Waals surface area contributed by atoms with E-state index in [1.807, 2.05) is 55.4 Å². The molecule has 7 heteroatoms. The van der Waals surface area contributed by atoms with Gasteiger partial charge in [0.25, 0.3) is 5.91 Å². The van der Waals surface area contributed by atoms with Crippen LogP contribution in [0.3, 0.4) is 0 Å². The molecule has 1 amide bonds. The lowest BCUT2D eigenvalue weighted by Gasteiger charge is -2.33. The first-order valence-corrected chi connectivity index (χ1v) is 8.97. The van der Waals surface area contributed by atoms with Crippen molar-refractivity contribution in [1.82, 2.24) is 15.3 Å². The van der Waals surface area contributed by atoms with Crippen molar-refractivity contribution in [3.8, 4) is 0 Å². The van der Waals surface area contributed by atoms with Gasteiger partial charge >= 0.3 is 0 Å². The molecule has 142 valence electrons. The van der Waals surface area contributed by atoms with E-state index in [1.54, 1.807) is 18.6 Å². The molecule has 0 aliphatic carbocycles. The Morgan fingerprint density at radius 2 is 1.85 bits per heavy atom. The zero-order chi connectivity index (χ0) is 19.1. The van der Waals surface area contributed by atoms with E-state index in [1.165, 1.54) is 0 Å². The highest BCUT2D eigenvalue weighted by atomic mass is 16.5. The van der Waals surface area contributed by atoms with E-state index in [0.29, 0.717) is 26.3 Å². The van der Waals surface area contributed by atoms with Crippen LogP contribution in [-0.2, 0) is 9.53 Å². The molecule has 1 saturated heterocycles. The minimum Gasteiger partial charge on any atom is -0.379 e. The largest absolute Gasteiger partial charge is 0.379 e. The Bertz CT molecular complexity index is 756. The highest BCUT2D eigenvalue weighted by molar-refractivity contribution is 5.86. The van der Waals surface area contributed by atoms with Crippen molar-refractivity contribution < 1.29 is 9.53 Å². The Labute approximate surface area is 159 Å². The predicted octanol–water partition coefficient (Wildman–Crippen LogP) is 1.67. The van der Waals surface area contributed by atoms with Crippen molar-refractivity contribution in [1.29, 1.82) is 0 Å². The minimum atomic E-state index is -0.412. The van der Waals surface area contributed by atoms with E-state index in [4.69, 9.17) is 4.74 Å². The number of carbonyl (C=O) groups is 1. The summed E-state index contributed by atoms with van der Waals surface area (Å²) in [6.07, 6.45) is 5.05. The Hall–Kier alpha value is -2.77. The van der Waals surface area contributed by atoms with Crippen LogP contribution in [0, 0.1) is 0 Å². The van der Waals surface area contributed by atoms with Gasteiger partial charge in [-0.15, -0.1) is 0 Å². The molecular formula is C20H25N5O2. The lowest BCUT2D eigenvalue weighted by molar-refractivity contribution is -0.128. The van der Waals surface area contributed by atoms with E-state index in [-0.39, 0.29) is 5.91 Å². The number of hydrogen-bond acceptors (Lipinski definition) is 6. The first-order chi connectivity index (χ1) is 13.1. The number of ether oxygens (including phenoxy) is 1. The maximum Gasteiger partial charge on any atom is 0.262 e. The molecular weight excluding hydrogens is 342 g/mol. The number of aromatic nitrogens is 1. The summed E-state index contributed by atoms with van der Waals surface area (Å²) in [7, 11) is 3.99. The van der Waals surface area contributed by atoms with Gasteiger partial charge in [-0.05, 0) is 35.4 Å². The van der Waals surface area contributed by atoms with Crippen LogP contribution in [0.25, 0.3) is 0 Å².